The number of aryl methyl sites for hydroxylation is 1. The van der Waals surface area contributed by atoms with Gasteiger partial charge in [-0.2, -0.15) is 0 Å². The van der Waals surface area contributed by atoms with E-state index >= 15 is 0 Å². The van der Waals surface area contributed by atoms with Gasteiger partial charge in [-0.3, -0.25) is 9.78 Å². The van der Waals surface area contributed by atoms with Crippen molar-refractivity contribution in [2.75, 3.05) is 49.1 Å². The maximum atomic E-state index is 12.8. The zero-order chi connectivity index (χ0) is 19.5. The van der Waals surface area contributed by atoms with Crippen LogP contribution in [-0.2, 0) is 0 Å². The van der Waals surface area contributed by atoms with Crippen LogP contribution in [0.5, 0.6) is 0 Å². The molecule has 1 aromatic carbocycles. The number of hydrogen-bond donors (Lipinski definition) is 0. The number of carbonyl (C=O) groups excluding carboxylic acids is 1. The summed E-state index contributed by atoms with van der Waals surface area (Å²) < 4.78 is 0. The molecule has 2 aliphatic rings. The van der Waals surface area contributed by atoms with Gasteiger partial charge in [-0.15, -0.1) is 0 Å². The molecule has 2 saturated heterocycles. The molecule has 2 fully saturated rings. The van der Waals surface area contributed by atoms with E-state index in [1.54, 1.807) is 6.20 Å². The monoisotopic (exact) mass is 378 g/mol. The zero-order valence-corrected chi connectivity index (χ0v) is 17.0. The third kappa shape index (κ3) is 3.84. The minimum atomic E-state index is 0.0792. The predicted octanol–water partition coefficient (Wildman–Crippen LogP) is 3.65. The van der Waals surface area contributed by atoms with Gasteiger partial charge in [0.1, 0.15) is 5.69 Å². The number of hydrogen-bond acceptors (Lipinski definition) is 4. The number of aromatic nitrogens is 1. The molecule has 0 saturated carbocycles. The van der Waals surface area contributed by atoms with Crippen molar-refractivity contribution in [3.8, 4) is 0 Å². The molecule has 0 radical (unpaired) electrons. The highest BCUT2D eigenvalue weighted by Gasteiger charge is 2.22. The van der Waals surface area contributed by atoms with Crippen molar-refractivity contribution in [3.05, 3.63) is 53.3 Å². The van der Waals surface area contributed by atoms with Crippen LogP contribution in [0, 0.1) is 13.8 Å². The number of anilines is 2. The number of rotatable bonds is 3. The van der Waals surface area contributed by atoms with Gasteiger partial charge in [-0.1, -0.05) is 12.1 Å². The van der Waals surface area contributed by atoms with E-state index in [4.69, 9.17) is 0 Å². The molecule has 0 spiro atoms. The van der Waals surface area contributed by atoms with E-state index in [2.05, 4.69) is 46.8 Å². The Hall–Kier alpha value is -2.56. The molecule has 0 N–H and O–H groups in total. The van der Waals surface area contributed by atoms with Crippen LogP contribution in [0.15, 0.2) is 36.5 Å². The Labute approximate surface area is 168 Å². The Balaban J connectivity index is 1.43. The Morgan fingerprint density at radius 3 is 2.36 bits per heavy atom. The Bertz CT molecular complexity index is 836. The number of likely N-dealkylation sites (tertiary alicyclic amines) is 1. The first-order chi connectivity index (χ1) is 13.6. The van der Waals surface area contributed by atoms with Crippen LogP contribution in [0.25, 0.3) is 0 Å². The Morgan fingerprint density at radius 1 is 0.893 bits per heavy atom. The Kier molecular flexibility index (Phi) is 5.51. The van der Waals surface area contributed by atoms with Crippen LogP contribution in [-0.4, -0.2) is 55.1 Å². The van der Waals surface area contributed by atoms with E-state index in [1.807, 2.05) is 17.0 Å². The summed E-state index contributed by atoms with van der Waals surface area (Å²) in [5, 5.41) is 0. The summed E-state index contributed by atoms with van der Waals surface area (Å²) in [6.45, 7) is 9.98. The lowest BCUT2D eigenvalue weighted by Gasteiger charge is -2.38. The summed E-state index contributed by atoms with van der Waals surface area (Å²) >= 11 is 0. The van der Waals surface area contributed by atoms with Crippen molar-refractivity contribution in [1.82, 2.24) is 9.88 Å². The fourth-order valence-corrected chi connectivity index (χ4v) is 4.28. The maximum absolute atomic E-state index is 12.8. The fraction of sp³-hybridized carbons (Fsp3) is 0.478. The normalized spacial score (nSPS) is 17.7. The number of amides is 1. The van der Waals surface area contributed by atoms with Gasteiger partial charge in [-0.05, 0) is 62.4 Å². The van der Waals surface area contributed by atoms with Gasteiger partial charge in [0.05, 0.1) is 0 Å². The van der Waals surface area contributed by atoms with E-state index < -0.39 is 0 Å². The van der Waals surface area contributed by atoms with E-state index in [0.717, 1.165) is 57.8 Å². The van der Waals surface area contributed by atoms with E-state index in [0.29, 0.717) is 5.69 Å². The lowest BCUT2D eigenvalue weighted by atomic mass is 10.1. The predicted molar refractivity (Wildman–Crippen MR) is 114 cm³/mol. The lowest BCUT2D eigenvalue weighted by Crippen LogP contribution is -2.47. The second-order valence-corrected chi connectivity index (χ2v) is 7.95. The average molecular weight is 379 g/mol. The minimum Gasteiger partial charge on any atom is -0.368 e. The molecular weight excluding hydrogens is 348 g/mol. The topological polar surface area (TPSA) is 39.7 Å². The molecule has 2 aliphatic heterocycles. The smallest absolute Gasteiger partial charge is 0.272 e. The summed E-state index contributed by atoms with van der Waals surface area (Å²) in [5.41, 5.74) is 5.74. The molecule has 0 bridgehead atoms. The van der Waals surface area contributed by atoms with Crippen LogP contribution in [0.3, 0.4) is 0 Å². The number of pyridine rings is 1. The molecule has 0 unspecified atom stereocenters. The van der Waals surface area contributed by atoms with E-state index in [1.165, 1.54) is 23.2 Å². The summed E-state index contributed by atoms with van der Waals surface area (Å²) in [7, 11) is 0. The van der Waals surface area contributed by atoms with Crippen LogP contribution < -0.4 is 9.80 Å². The lowest BCUT2D eigenvalue weighted by molar-refractivity contribution is 0.0718. The average Bonchev–Trinajstić information content (AvgIpc) is 2.76. The van der Waals surface area contributed by atoms with Gasteiger partial charge >= 0.3 is 0 Å². The van der Waals surface area contributed by atoms with Gasteiger partial charge in [0.2, 0.25) is 0 Å². The largest absolute Gasteiger partial charge is 0.368 e. The van der Waals surface area contributed by atoms with Crippen LogP contribution in [0.1, 0.15) is 40.9 Å². The van der Waals surface area contributed by atoms with Crippen molar-refractivity contribution in [2.24, 2.45) is 0 Å². The molecule has 28 heavy (non-hydrogen) atoms. The second kappa shape index (κ2) is 8.21. The van der Waals surface area contributed by atoms with E-state index in [9.17, 15) is 4.79 Å². The van der Waals surface area contributed by atoms with Gasteiger partial charge < -0.3 is 14.7 Å². The van der Waals surface area contributed by atoms with Crippen molar-refractivity contribution in [2.45, 2.75) is 33.1 Å². The summed E-state index contributed by atoms with van der Waals surface area (Å²) in [6, 6.07) is 10.5. The quantitative estimate of drug-likeness (QED) is 0.817. The summed E-state index contributed by atoms with van der Waals surface area (Å²) in [5.74, 6) is 0.0792. The third-order valence-corrected chi connectivity index (χ3v) is 6.17. The van der Waals surface area contributed by atoms with Crippen molar-refractivity contribution in [3.63, 3.8) is 0 Å². The highest BCUT2D eigenvalue weighted by Crippen LogP contribution is 2.25. The SMILES string of the molecule is Cc1cccc(N2CCN(c3ccnc(C(=O)N4CCCCC4)c3)CC2)c1C. The van der Waals surface area contributed by atoms with Crippen LogP contribution >= 0.6 is 0 Å². The molecule has 1 aromatic heterocycles. The molecule has 1 amide bonds. The molecule has 3 heterocycles. The number of piperazine rings is 1. The standard InChI is InChI=1S/C23H30N4O/c1-18-7-6-8-22(19(18)2)26-15-13-25(14-16-26)20-9-10-24-21(17-20)23(28)27-11-4-3-5-12-27/h6-10,17H,3-5,11-16H2,1-2H3. The van der Waals surface area contributed by atoms with Crippen molar-refractivity contribution < 1.29 is 4.79 Å². The molecule has 5 heteroatoms. The second-order valence-electron chi connectivity index (χ2n) is 7.95. The number of benzene rings is 1. The van der Waals surface area contributed by atoms with Crippen LogP contribution in [0.2, 0.25) is 0 Å². The fourth-order valence-electron chi connectivity index (χ4n) is 4.28. The Morgan fingerprint density at radius 2 is 1.61 bits per heavy atom. The first-order valence-electron chi connectivity index (χ1n) is 10.4. The number of carbonyl (C=O) groups is 1. The molecule has 0 atom stereocenters. The molecule has 5 nitrogen and oxygen atoms in total. The minimum absolute atomic E-state index is 0.0792. The van der Waals surface area contributed by atoms with Gasteiger partial charge in [0, 0.05) is 56.8 Å². The summed E-state index contributed by atoms with van der Waals surface area (Å²) in [4.78, 5) is 23.9. The molecule has 0 aliphatic carbocycles. The highest BCUT2D eigenvalue weighted by molar-refractivity contribution is 5.93. The molecule has 148 valence electrons. The third-order valence-electron chi connectivity index (χ3n) is 6.17. The summed E-state index contributed by atoms with van der Waals surface area (Å²) in [6.07, 6.45) is 5.21. The zero-order valence-electron chi connectivity index (χ0n) is 17.0. The van der Waals surface area contributed by atoms with Crippen molar-refractivity contribution in [1.29, 1.82) is 0 Å². The van der Waals surface area contributed by atoms with Gasteiger partial charge in [0.25, 0.3) is 5.91 Å². The first kappa shape index (κ1) is 18.8. The highest BCUT2D eigenvalue weighted by atomic mass is 16.2. The van der Waals surface area contributed by atoms with Crippen molar-refractivity contribution >= 4 is 17.3 Å². The maximum Gasteiger partial charge on any atom is 0.272 e. The van der Waals surface area contributed by atoms with Gasteiger partial charge in [-0.25, -0.2) is 0 Å². The number of nitrogens with zero attached hydrogens (tertiary/aromatic N) is 4. The molecule has 2 aromatic rings. The first-order valence-corrected chi connectivity index (χ1v) is 10.4. The molecule has 4 rings (SSSR count). The van der Waals surface area contributed by atoms with E-state index in [-0.39, 0.29) is 5.91 Å². The number of piperidine rings is 1. The molecular formula is C23H30N4O. The van der Waals surface area contributed by atoms with Crippen LogP contribution in [0.4, 0.5) is 11.4 Å². The van der Waals surface area contributed by atoms with Gasteiger partial charge in [0.15, 0.2) is 0 Å².